The van der Waals surface area contributed by atoms with Crippen LogP contribution in [0.2, 0.25) is 0 Å². The number of rotatable bonds is 1. The minimum absolute atomic E-state index is 0.0453. The lowest BCUT2D eigenvalue weighted by atomic mass is 9.69. The smallest absolute Gasteiger partial charge is 0.177 e. The lowest BCUT2D eigenvalue weighted by Gasteiger charge is -2.39. The van der Waals surface area contributed by atoms with Crippen LogP contribution in [-0.2, 0) is 14.6 Å². The van der Waals surface area contributed by atoms with Crippen LogP contribution in [0.5, 0.6) is 0 Å². The maximum absolute atomic E-state index is 13.3. The minimum atomic E-state index is -3.38. The highest BCUT2D eigenvalue weighted by Gasteiger charge is 2.48. The lowest BCUT2D eigenvalue weighted by Crippen LogP contribution is -2.39. The Morgan fingerprint density at radius 2 is 1.85 bits per heavy atom. The molecule has 0 amide bonds. The van der Waals surface area contributed by atoms with Gasteiger partial charge in [0.15, 0.2) is 15.6 Å². The molecule has 3 aliphatic rings. The number of sulfone groups is 1. The first kappa shape index (κ1) is 18.4. The highest BCUT2D eigenvalue weighted by Crippen LogP contribution is 2.50. The van der Waals surface area contributed by atoms with Crippen molar-refractivity contribution in [3.05, 3.63) is 54.6 Å². The quantitative estimate of drug-likeness (QED) is 0.613. The van der Waals surface area contributed by atoms with E-state index >= 15 is 0 Å². The molecule has 0 fully saturated rings. The molecule has 0 saturated heterocycles. The molecule has 26 heavy (non-hydrogen) atoms. The standard InChI is InChI=1S/C19H19Br2NO3S/c1-19(2)7-5-13-16(18(19)23)15(10-3-4-11(20)12(21)9-10)17-14(22-13)6-8-26(17,24)25/h3-4,9,15,22H,5-8H2,1-2H3. The number of dihydropyridines is 1. The molecule has 0 bridgehead atoms. The van der Waals surface area contributed by atoms with Crippen molar-refractivity contribution in [1.29, 1.82) is 0 Å². The van der Waals surface area contributed by atoms with Crippen molar-refractivity contribution >= 4 is 47.5 Å². The SMILES string of the molecule is CC1(C)CCC2=C(C1=O)C(c1ccc(Br)c(Br)c1)C1=C(CCS1(=O)=O)N2. The van der Waals surface area contributed by atoms with Gasteiger partial charge in [0.25, 0.3) is 0 Å². The van der Waals surface area contributed by atoms with E-state index in [0.29, 0.717) is 16.9 Å². The first-order valence-electron chi connectivity index (χ1n) is 8.57. The van der Waals surface area contributed by atoms with Crippen molar-refractivity contribution in [2.45, 2.75) is 39.0 Å². The summed E-state index contributed by atoms with van der Waals surface area (Å²) < 4.78 is 27.4. The molecule has 0 aromatic heterocycles. The van der Waals surface area contributed by atoms with Crippen molar-refractivity contribution in [1.82, 2.24) is 5.32 Å². The van der Waals surface area contributed by atoms with Crippen molar-refractivity contribution in [3.63, 3.8) is 0 Å². The molecule has 1 unspecified atom stereocenters. The number of ketones is 1. The molecular weight excluding hydrogens is 482 g/mol. The number of Topliss-reactive ketones (excluding diaryl/α,β-unsaturated/α-hetero) is 1. The number of hydrogen-bond donors (Lipinski definition) is 1. The third kappa shape index (κ3) is 2.74. The summed E-state index contributed by atoms with van der Waals surface area (Å²) in [6, 6.07) is 5.71. The first-order chi connectivity index (χ1) is 12.1. The van der Waals surface area contributed by atoms with Crippen molar-refractivity contribution in [3.8, 4) is 0 Å². The van der Waals surface area contributed by atoms with Gasteiger partial charge in [-0.2, -0.15) is 0 Å². The molecule has 1 aromatic rings. The summed E-state index contributed by atoms with van der Waals surface area (Å²) in [6.07, 6.45) is 2.02. The summed E-state index contributed by atoms with van der Waals surface area (Å²) in [5, 5.41) is 3.31. The van der Waals surface area contributed by atoms with Crippen LogP contribution < -0.4 is 5.32 Å². The molecule has 2 heterocycles. The van der Waals surface area contributed by atoms with Gasteiger partial charge >= 0.3 is 0 Å². The van der Waals surface area contributed by atoms with Crippen LogP contribution in [0.1, 0.15) is 44.6 Å². The van der Waals surface area contributed by atoms with Crippen LogP contribution in [0.3, 0.4) is 0 Å². The molecule has 0 saturated carbocycles. The van der Waals surface area contributed by atoms with Crippen molar-refractivity contribution < 1.29 is 13.2 Å². The Kier molecular flexibility index (Phi) is 4.29. The third-order valence-electron chi connectivity index (χ3n) is 5.57. The largest absolute Gasteiger partial charge is 0.361 e. The molecule has 138 valence electrons. The molecule has 1 atom stereocenters. The predicted molar refractivity (Wildman–Crippen MR) is 108 cm³/mol. The highest BCUT2D eigenvalue weighted by molar-refractivity contribution is 9.13. The number of allylic oxidation sites excluding steroid dienone is 4. The van der Waals surface area contributed by atoms with Crippen LogP contribution in [0, 0.1) is 5.41 Å². The van der Waals surface area contributed by atoms with E-state index in [0.717, 1.165) is 38.7 Å². The number of benzene rings is 1. The van der Waals surface area contributed by atoms with Crippen LogP contribution in [0.4, 0.5) is 0 Å². The minimum Gasteiger partial charge on any atom is -0.361 e. The normalized spacial score (nSPS) is 26.5. The van der Waals surface area contributed by atoms with Gasteiger partial charge in [0.05, 0.1) is 16.6 Å². The second-order valence-electron chi connectivity index (χ2n) is 7.75. The van der Waals surface area contributed by atoms with E-state index in [1.165, 1.54) is 0 Å². The van der Waals surface area contributed by atoms with Gasteiger partial charge in [0, 0.05) is 37.7 Å². The van der Waals surface area contributed by atoms with E-state index in [2.05, 4.69) is 37.2 Å². The Balaban J connectivity index is 1.97. The van der Waals surface area contributed by atoms with E-state index in [9.17, 15) is 13.2 Å². The predicted octanol–water partition coefficient (Wildman–Crippen LogP) is 4.57. The fourth-order valence-corrected chi connectivity index (χ4v) is 6.56. The molecule has 4 nitrogen and oxygen atoms in total. The molecule has 0 spiro atoms. The van der Waals surface area contributed by atoms with Gasteiger partial charge in [-0.05, 0) is 62.4 Å². The fourth-order valence-electron chi connectivity index (χ4n) is 4.08. The monoisotopic (exact) mass is 499 g/mol. The van der Waals surface area contributed by atoms with Gasteiger partial charge in [-0.25, -0.2) is 8.42 Å². The van der Waals surface area contributed by atoms with Crippen LogP contribution >= 0.6 is 31.9 Å². The van der Waals surface area contributed by atoms with Gasteiger partial charge in [-0.3, -0.25) is 4.79 Å². The molecule has 2 aliphatic heterocycles. The zero-order valence-corrected chi connectivity index (χ0v) is 18.5. The number of hydrogen-bond acceptors (Lipinski definition) is 4. The van der Waals surface area contributed by atoms with E-state index < -0.39 is 21.2 Å². The molecule has 1 aliphatic carbocycles. The van der Waals surface area contributed by atoms with Crippen molar-refractivity contribution in [2.24, 2.45) is 5.41 Å². The maximum Gasteiger partial charge on any atom is 0.177 e. The molecule has 4 rings (SSSR count). The third-order valence-corrected chi connectivity index (χ3v) is 9.34. The van der Waals surface area contributed by atoms with E-state index in [-0.39, 0.29) is 11.5 Å². The zero-order chi connectivity index (χ0) is 18.9. The molecule has 0 radical (unpaired) electrons. The second kappa shape index (κ2) is 6.04. The zero-order valence-electron chi connectivity index (χ0n) is 14.5. The first-order valence-corrected chi connectivity index (χ1v) is 11.8. The van der Waals surface area contributed by atoms with Crippen LogP contribution in [-0.4, -0.2) is 20.0 Å². The molecular formula is C19H19Br2NO3S. The van der Waals surface area contributed by atoms with E-state index in [1.807, 2.05) is 32.0 Å². The van der Waals surface area contributed by atoms with Gasteiger partial charge in [0.1, 0.15) is 0 Å². The van der Waals surface area contributed by atoms with Gasteiger partial charge in [0.2, 0.25) is 0 Å². The Bertz CT molecular complexity index is 1010. The second-order valence-corrected chi connectivity index (χ2v) is 11.5. The summed E-state index contributed by atoms with van der Waals surface area (Å²) in [5.74, 6) is -0.369. The van der Waals surface area contributed by atoms with Crippen LogP contribution in [0.25, 0.3) is 0 Å². The topological polar surface area (TPSA) is 63.2 Å². The summed E-state index contributed by atoms with van der Waals surface area (Å²) >= 11 is 6.97. The Hall–Kier alpha value is -0.920. The number of nitrogens with one attached hydrogen (secondary N) is 1. The lowest BCUT2D eigenvalue weighted by molar-refractivity contribution is -0.124. The molecule has 1 aromatic carbocycles. The van der Waals surface area contributed by atoms with Crippen molar-refractivity contribution in [2.75, 3.05) is 5.75 Å². The van der Waals surface area contributed by atoms with E-state index in [1.54, 1.807) is 0 Å². The Labute approximate surface area is 170 Å². The summed E-state index contributed by atoms with van der Waals surface area (Å²) in [5.41, 5.74) is 2.64. The number of carbonyl (C=O) groups is 1. The maximum atomic E-state index is 13.3. The van der Waals surface area contributed by atoms with E-state index in [4.69, 9.17) is 0 Å². The summed E-state index contributed by atoms with van der Waals surface area (Å²) in [6.45, 7) is 3.89. The number of carbonyl (C=O) groups excluding carboxylic acids is 1. The van der Waals surface area contributed by atoms with Gasteiger partial charge in [-0.15, -0.1) is 0 Å². The Morgan fingerprint density at radius 1 is 1.12 bits per heavy atom. The van der Waals surface area contributed by atoms with Gasteiger partial charge in [-0.1, -0.05) is 19.9 Å². The van der Waals surface area contributed by atoms with Crippen LogP contribution in [0.15, 0.2) is 49.0 Å². The highest BCUT2D eigenvalue weighted by atomic mass is 79.9. The van der Waals surface area contributed by atoms with Gasteiger partial charge < -0.3 is 5.32 Å². The average molecular weight is 501 g/mol. The molecule has 1 N–H and O–H groups in total. The summed E-state index contributed by atoms with van der Waals surface area (Å²) in [4.78, 5) is 13.7. The Morgan fingerprint density at radius 3 is 2.54 bits per heavy atom. The summed E-state index contributed by atoms with van der Waals surface area (Å²) in [7, 11) is -3.38. The molecule has 7 heteroatoms. The fraction of sp³-hybridized carbons (Fsp3) is 0.421. The number of halogens is 2. The average Bonchev–Trinajstić information content (AvgIpc) is 2.87.